The zero-order chi connectivity index (χ0) is 11.7. The number of fused-ring (bicyclic) bond motifs is 1. The quantitative estimate of drug-likeness (QED) is 0.807. The molecule has 3 rings (SSSR count). The summed E-state index contributed by atoms with van der Waals surface area (Å²) in [6.07, 6.45) is 4.09. The Hall–Kier alpha value is -1.66. The molecule has 0 amide bonds. The Morgan fingerprint density at radius 3 is 3.06 bits per heavy atom. The molecule has 0 saturated heterocycles. The number of nitrogens with zero attached hydrogens (tertiary/aromatic N) is 2. The van der Waals surface area contributed by atoms with Gasteiger partial charge in [-0.1, -0.05) is 12.1 Å². The Kier molecular flexibility index (Phi) is 2.66. The molecule has 0 spiro atoms. The van der Waals surface area contributed by atoms with Crippen molar-refractivity contribution in [2.75, 3.05) is 0 Å². The van der Waals surface area contributed by atoms with Crippen molar-refractivity contribution in [2.45, 2.75) is 25.7 Å². The van der Waals surface area contributed by atoms with E-state index in [0.717, 1.165) is 10.7 Å². The standard InChI is InChI=1S/C14H12N2S/c15-7-6-13-9-17-14(16-13)12-5-4-10-2-1-3-11(10)8-12/h4-5,8-9H,1-3,6H2. The number of rotatable bonds is 2. The van der Waals surface area contributed by atoms with Crippen LogP contribution in [0.4, 0.5) is 0 Å². The molecule has 0 aliphatic heterocycles. The second-order valence-corrected chi connectivity index (χ2v) is 5.17. The van der Waals surface area contributed by atoms with Crippen molar-refractivity contribution in [3.8, 4) is 16.6 Å². The van der Waals surface area contributed by atoms with Crippen LogP contribution in [0.25, 0.3) is 10.6 Å². The molecule has 0 atom stereocenters. The molecule has 0 saturated carbocycles. The maximum Gasteiger partial charge on any atom is 0.123 e. The molecular formula is C14H12N2S. The maximum absolute atomic E-state index is 8.64. The third kappa shape index (κ3) is 1.96. The van der Waals surface area contributed by atoms with Gasteiger partial charge in [-0.15, -0.1) is 11.3 Å². The molecule has 1 aliphatic rings. The van der Waals surface area contributed by atoms with Crippen LogP contribution in [0, 0.1) is 11.3 Å². The van der Waals surface area contributed by atoms with Gasteiger partial charge in [0.25, 0.3) is 0 Å². The smallest absolute Gasteiger partial charge is 0.123 e. The van der Waals surface area contributed by atoms with Crippen molar-refractivity contribution in [3.05, 3.63) is 40.4 Å². The number of nitriles is 1. The number of benzene rings is 1. The molecule has 2 aromatic rings. The number of hydrogen-bond acceptors (Lipinski definition) is 3. The highest BCUT2D eigenvalue weighted by atomic mass is 32.1. The number of aryl methyl sites for hydroxylation is 2. The van der Waals surface area contributed by atoms with Gasteiger partial charge in [0.15, 0.2) is 0 Å². The van der Waals surface area contributed by atoms with E-state index in [4.69, 9.17) is 5.26 Å². The molecule has 1 aromatic carbocycles. The predicted octanol–water partition coefficient (Wildman–Crippen LogP) is 3.36. The molecule has 1 heterocycles. The summed E-state index contributed by atoms with van der Waals surface area (Å²) in [5, 5.41) is 11.7. The van der Waals surface area contributed by atoms with E-state index >= 15 is 0 Å². The van der Waals surface area contributed by atoms with E-state index in [0.29, 0.717) is 6.42 Å². The summed E-state index contributed by atoms with van der Waals surface area (Å²) in [5.74, 6) is 0. The lowest BCUT2D eigenvalue weighted by atomic mass is 10.1. The van der Waals surface area contributed by atoms with Crippen LogP contribution in [0.15, 0.2) is 23.6 Å². The molecule has 0 radical (unpaired) electrons. The first-order valence-electron chi connectivity index (χ1n) is 5.80. The van der Waals surface area contributed by atoms with Crippen LogP contribution in [-0.4, -0.2) is 4.98 Å². The first kappa shape index (κ1) is 10.5. The topological polar surface area (TPSA) is 36.7 Å². The van der Waals surface area contributed by atoms with E-state index in [1.54, 1.807) is 11.3 Å². The molecule has 1 aliphatic carbocycles. The van der Waals surface area contributed by atoms with Gasteiger partial charge in [-0.3, -0.25) is 0 Å². The van der Waals surface area contributed by atoms with Gasteiger partial charge in [-0.2, -0.15) is 5.26 Å². The normalized spacial score (nSPS) is 13.4. The highest BCUT2D eigenvalue weighted by molar-refractivity contribution is 7.13. The van der Waals surface area contributed by atoms with Crippen LogP contribution in [0.3, 0.4) is 0 Å². The van der Waals surface area contributed by atoms with Crippen molar-refractivity contribution in [1.29, 1.82) is 5.26 Å². The van der Waals surface area contributed by atoms with E-state index in [1.807, 2.05) is 5.38 Å². The van der Waals surface area contributed by atoms with Crippen molar-refractivity contribution >= 4 is 11.3 Å². The van der Waals surface area contributed by atoms with E-state index < -0.39 is 0 Å². The second kappa shape index (κ2) is 4.31. The minimum atomic E-state index is 0.404. The average Bonchev–Trinajstić information content (AvgIpc) is 2.96. The lowest BCUT2D eigenvalue weighted by Gasteiger charge is -2.01. The van der Waals surface area contributed by atoms with Crippen molar-refractivity contribution < 1.29 is 0 Å². The summed E-state index contributed by atoms with van der Waals surface area (Å²) < 4.78 is 0. The Balaban J connectivity index is 1.95. The third-order valence-electron chi connectivity index (χ3n) is 3.16. The van der Waals surface area contributed by atoms with Gasteiger partial charge in [0.1, 0.15) is 5.01 Å². The lowest BCUT2D eigenvalue weighted by molar-refractivity contribution is 0.912. The highest BCUT2D eigenvalue weighted by Crippen LogP contribution is 2.29. The van der Waals surface area contributed by atoms with Gasteiger partial charge < -0.3 is 0 Å². The largest absolute Gasteiger partial charge is 0.240 e. The molecule has 0 N–H and O–H groups in total. The Bertz CT molecular complexity index is 593. The SMILES string of the molecule is N#CCc1csc(-c2ccc3c(c2)CCC3)n1. The molecule has 0 unspecified atom stereocenters. The molecule has 2 nitrogen and oxygen atoms in total. The minimum Gasteiger partial charge on any atom is -0.240 e. The molecule has 0 fully saturated rings. The summed E-state index contributed by atoms with van der Waals surface area (Å²) in [7, 11) is 0. The molecule has 0 bridgehead atoms. The molecule has 17 heavy (non-hydrogen) atoms. The monoisotopic (exact) mass is 240 g/mol. The van der Waals surface area contributed by atoms with Crippen molar-refractivity contribution in [2.24, 2.45) is 0 Å². The number of thiazole rings is 1. The van der Waals surface area contributed by atoms with E-state index in [1.165, 1.54) is 36.0 Å². The zero-order valence-electron chi connectivity index (χ0n) is 9.44. The first-order valence-corrected chi connectivity index (χ1v) is 6.68. The summed E-state index contributed by atoms with van der Waals surface area (Å²) in [6.45, 7) is 0. The zero-order valence-corrected chi connectivity index (χ0v) is 10.3. The van der Waals surface area contributed by atoms with Crippen LogP contribution in [-0.2, 0) is 19.3 Å². The van der Waals surface area contributed by atoms with Crippen molar-refractivity contribution in [1.82, 2.24) is 4.98 Å². The van der Waals surface area contributed by atoms with E-state index in [-0.39, 0.29) is 0 Å². The lowest BCUT2D eigenvalue weighted by Crippen LogP contribution is -1.85. The Morgan fingerprint density at radius 2 is 2.18 bits per heavy atom. The summed E-state index contributed by atoms with van der Waals surface area (Å²) >= 11 is 1.63. The van der Waals surface area contributed by atoms with Crippen LogP contribution >= 0.6 is 11.3 Å². The van der Waals surface area contributed by atoms with Crippen LogP contribution in [0.2, 0.25) is 0 Å². The first-order chi connectivity index (χ1) is 8.36. The average molecular weight is 240 g/mol. The van der Waals surface area contributed by atoms with Gasteiger partial charge in [0, 0.05) is 10.9 Å². The van der Waals surface area contributed by atoms with Crippen LogP contribution in [0.5, 0.6) is 0 Å². The fourth-order valence-corrected chi connectivity index (χ4v) is 3.12. The van der Waals surface area contributed by atoms with E-state index in [2.05, 4.69) is 29.3 Å². The van der Waals surface area contributed by atoms with Gasteiger partial charge in [0.05, 0.1) is 18.2 Å². The van der Waals surface area contributed by atoms with Crippen LogP contribution in [0.1, 0.15) is 23.2 Å². The minimum absolute atomic E-state index is 0.404. The summed E-state index contributed by atoms with van der Waals surface area (Å²) in [6, 6.07) is 8.77. The van der Waals surface area contributed by atoms with Gasteiger partial charge >= 0.3 is 0 Å². The highest BCUT2D eigenvalue weighted by Gasteiger charge is 2.12. The fraction of sp³-hybridized carbons (Fsp3) is 0.286. The fourth-order valence-electron chi connectivity index (χ4n) is 2.31. The number of hydrogen-bond donors (Lipinski definition) is 0. The van der Waals surface area contributed by atoms with Crippen LogP contribution < -0.4 is 0 Å². The predicted molar refractivity (Wildman–Crippen MR) is 68.9 cm³/mol. The molecule has 84 valence electrons. The molecule has 1 aromatic heterocycles. The van der Waals surface area contributed by atoms with E-state index in [9.17, 15) is 0 Å². The van der Waals surface area contributed by atoms with Gasteiger partial charge in [-0.25, -0.2) is 4.98 Å². The second-order valence-electron chi connectivity index (χ2n) is 4.32. The molecule has 3 heteroatoms. The maximum atomic E-state index is 8.64. The molecular weight excluding hydrogens is 228 g/mol. The Morgan fingerprint density at radius 1 is 1.29 bits per heavy atom. The number of aromatic nitrogens is 1. The third-order valence-corrected chi connectivity index (χ3v) is 4.10. The van der Waals surface area contributed by atoms with Crippen molar-refractivity contribution in [3.63, 3.8) is 0 Å². The van der Waals surface area contributed by atoms with Gasteiger partial charge in [-0.05, 0) is 36.5 Å². The van der Waals surface area contributed by atoms with Gasteiger partial charge in [0.2, 0.25) is 0 Å². The Labute approximate surface area is 105 Å². The summed E-state index contributed by atoms with van der Waals surface area (Å²) in [4.78, 5) is 4.49. The summed E-state index contributed by atoms with van der Waals surface area (Å²) in [5.41, 5.74) is 5.04.